The lowest BCUT2D eigenvalue weighted by Crippen LogP contribution is -2.01. The van der Waals surface area contributed by atoms with Gasteiger partial charge in [0.15, 0.2) is 0 Å². The molecule has 0 spiro atoms. The maximum absolute atomic E-state index is 8.97. The second kappa shape index (κ2) is 5.51. The average Bonchev–Trinajstić information content (AvgIpc) is 2.95. The van der Waals surface area contributed by atoms with Crippen LogP contribution in [-0.2, 0) is 6.61 Å². The highest BCUT2D eigenvalue weighted by molar-refractivity contribution is 6.06. The Bertz CT molecular complexity index is 750. The molecule has 0 aliphatic carbocycles. The van der Waals surface area contributed by atoms with E-state index in [1.807, 2.05) is 6.07 Å². The van der Waals surface area contributed by atoms with Crippen LogP contribution in [0, 0.1) is 11.3 Å². The molecule has 6 heteroatoms. The molecule has 1 aliphatic rings. The largest absolute Gasteiger partial charge is 0.489 e. The van der Waals surface area contributed by atoms with Gasteiger partial charge in [0.2, 0.25) is 0 Å². The standard InChI is InChI=1S/C15H11N3O3/c16-7-13-10(2-1-5-17-13)8-20-11-3-4-12-14(18-19)9-21-15(12)6-11/h1-6,19H,8-9H2. The van der Waals surface area contributed by atoms with Crippen LogP contribution in [0.2, 0.25) is 0 Å². The van der Waals surface area contributed by atoms with Crippen LogP contribution >= 0.6 is 0 Å². The first-order valence-electron chi connectivity index (χ1n) is 6.27. The molecule has 0 saturated carbocycles. The molecular weight excluding hydrogens is 270 g/mol. The number of nitrogens with zero attached hydrogens (tertiary/aromatic N) is 3. The van der Waals surface area contributed by atoms with Gasteiger partial charge in [-0.3, -0.25) is 0 Å². The number of hydrogen-bond acceptors (Lipinski definition) is 6. The number of rotatable bonds is 3. The third kappa shape index (κ3) is 2.49. The van der Waals surface area contributed by atoms with Gasteiger partial charge >= 0.3 is 0 Å². The zero-order valence-corrected chi connectivity index (χ0v) is 11.0. The van der Waals surface area contributed by atoms with Crippen molar-refractivity contribution in [3.63, 3.8) is 0 Å². The van der Waals surface area contributed by atoms with Gasteiger partial charge < -0.3 is 14.7 Å². The predicted molar refractivity (Wildman–Crippen MR) is 73.5 cm³/mol. The van der Waals surface area contributed by atoms with Crippen LogP contribution in [0.15, 0.2) is 41.7 Å². The zero-order chi connectivity index (χ0) is 14.7. The Labute approximate surface area is 120 Å². The molecule has 1 aromatic carbocycles. The van der Waals surface area contributed by atoms with Crippen LogP contribution in [0.3, 0.4) is 0 Å². The van der Waals surface area contributed by atoms with E-state index in [-0.39, 0.29) is 13.2 Å². The molecule has 0 fully saturated rings. The van der Waals surface area contributed by atoms with Gasteiger partial charge in [0.1, 0.15) is 42.2 Å². The Morgan fingerprint density at radius 2 is 2.33 bits per heavy atom. The van der Waals surface area contributed by atoms with Crippen molar-refractivity contribution in [1.29, 1.82) is 5.26 Å². The number of pyridine rings is 1. The zero-order valence-electron chi connectivity index (χ0n) is 11.0. The molecule has 21 heavy (non-hydrogen) atoms. The average molecular weight is 281 g/mol. The van der Waals surface area contributed by atoms with Crippen molar-refractivity contribution < 1.29 is 14.7 Å². The van der Waals surface area contributed by atoms with Crippen LogP contribution < -0.4 is 9.47 Å². The number of aromatic nitrogens is 1. The van der Waals surface area contributed by atoms with Crippen molar-refractivity contribution in [1.82, 2.24) is 4.98 Å². The number of nitriles is 1. The van der Waals surface area contributed by atoms with E-state index in [4.69, 9.17) is 19.9 Å². The van der Waals surface area contributed by atoms with Gasteiger partial charge in [0, 0.05) is 23.4 Å². The van der Waals surface area contributed by atoms with Crippen molar-refractivity contribution in [2.24, 2.45) is 5.16 Å². The minimum Gasteiger partial charge on any atom is -0.489 e. The summed E-state index contributed by atoms with van der Waals surface area (Å²) in [6.45, 7) is 0.493. The summed E-state index contributed by atoms with van der Waals surface area (Å²) in [4.78, 5) is 3.98. The third-order valence-electron chi connectivity index (χ3n) is 3.14. The first-order valence-corrected chi connectivity index (χ1v) is 6.27. The fourth-order valence-electron chi connectivity index (χ4n) is 2.07. The Morgan fingerprint density at radius 3 is 3.14 bits per heavy atom. The fraction of sp³-hybridized carbons (Fsp3) is 0.133. The van der Waals surface area contributed by atoms with Crippen LogP contribution in [0.5, 0.6) is 11.5 Å². The second-order valence-corrected chi connectivity index (χ2v) is 4.40. The molecule has 104 valence electrons. The highest BCUT2D eigenvalue weighted by Gasteiger charge is 2.20. The van der Waals surface area contributed by atoms with Crippen molar-refractivity contribution in [3.05, 3.63) is 53.3 Å². The highest BCUT2D eigenvalue weighted by atomic mass is 16.5. The van der Waals surface area contributed by atoms with E-state index in [9.17, 15) is 0 Å². The van der Waals surface area contributed by atoms with E-state index in [2.05, 4.69) is 10.1 Å². The third-order valence-corrected chi connectivity index (χ3v) is 3.14. The summed E-state index contributed by atoms with van der Waals surface area (Å²) in [6, 6.07) is 10.9. The van der Waals surface area contributed by atoms with Gasteiger partial charge in [0.05, 0.1) is 0 Å². The SMILES string of the molecule is N#Cc1ncccc1COc1ccc2c(c1)OCC2=NO. The molecule has 2 heterocycles. The van der Waals surface area contributed by atoms with Crippen LogP contribution in [0.4, 0.5) is 0 Å². The molecule has 1 N–H and O–H groups in total. The second-order valence-electron chi connectivity index (χ2n) is 4.40. The molecule has 6 nitrogen and oxygen atoms in total. The van der Waals surface area contributed by atoms with E-state index in [0.29, 0.717) is 22.9 Å². The number of oxime groups is 1. The molecule has 0 saturated heterocycles. The number of hydrogen-bond donors (Lipinski definition) is 1. The minimum absolute atomic E-state index is 0.246. The summed E-state index contributed by atoms with van der Waals surface area (Å²) >= 11 is 0. The van der Waals surface area contributed by atoms with E-state index in [0.717, 1.165) is 11.1 Å². The Balaban J connectivity index is 1.77. The van der Waals surface area contributed by atoms with Crippen LogP contribution in [0.25, 0.3) is 0 Å². The van der Waals surface area contributed by atoms with E-state index >= 15 is 0 Å². The van der Waals surface area contributed by atoms with Gasteiger partial charge in [-0.15, -0.1) is 0 Å². The van der Waals surface area contributed by atoms with Gasteiger partial charge in [-0.1, -0.05) is 11.2 Å². The topological polar surface area (TPSA) is 87.7 Å². The Morgan fingerprint density at radius 1 is 1.43 bits per heavy atom. The molecule has 0 radical (unpaired) electrons. The summed E-state index contributed by atoms with van der Waals surface area (Å²) in [7, 11) is 0. The lowest BCUT2D eigenvalue weighted by atomic mass is 10.1. The van der Waals surface area contributed by atoms with Crippen molar-refractivity contribution >= 4 is 5.71 Å². The molecule has 3 rings (SSSR count). The van der Waals surface area contributed by atoms with Crippen molar-refractivity contribution in [3.8, 4) is 17.6 Å². The van der Waals surface area contributed by atoms with E-state index < -0.39 is 0 Å². The molecule has 0 amide bonds. The Hall–Kier alpha value is -3.07. The monoisotopic (exact) mass is 281 g/mol. The summed E-state index contributed by atoms with van der Waals surface area (Å²) in [5, 5.41) is 21.0. The summed E-state index contributed by atoms with van der Waals surface area (Å²) in [6.07, 6.45) is 1.57. The quantitative estimate of drug-likeness (QED) is 0.687. The highest BCUT2D eigenvalue weighted by Crippen LogP contribution is 2.30. The number of benzene rings is 1. The van der Waals surface area contributed by atoms with Crippen LogP contribution in [0.1, 0.15) is 16.8 Å². The number of fused-ring (bicyclic) bond motifs is 1. The van der Waals surface area contributed by atoms with Gasteiger partial charge in [-0.25, -0.2) is 4.98 Å². The molecule has 1 aromatic heterocycles. The predicted octanol–water partition coefficient (Wildman–Crippen LogP) is 2.10. The first kappa shape index (κ1) is 12.9. The van der Waals surface area contributed by atoms with Crippen molar-refractivity contribution in [2.45, 2.75) is 6.61 Å². The Kier molecular flexibility index (Phi) is 3.39. The van der Waals surface area contributed by atoms with Crippen molar-refractivity contribution in [2.75, 3.05) is 6.61 Å². The molecule has 0 unspecified atom stereocenters. The molecule has 1 aliphatic heterocycles. The number of ether oxygens (including phenoxy) is 2. The molecule has 0 bridgehead atoms. The fourth-order valence-corrected chi connectivity index (χ4v) is 2.07. The molecule has 0 atom stereocenters. The minimum atomic E-state index is 0.246. The molecule has 2 aromatic rings. The van der Waals surface area contributed by atoms with Gasteiger partial charge in [-0.05, 0) is 18.2 Å². The smallest absolute Gasteiger partial charge is 0.147 e. The maximum atomic E-state index is 8.97. The van der Waals surface area contributed by atoms with Gasteiger partial charge in [0.25, 0.3) is 0 Å². The van der Waals surface area contributed by atoms with Gasteiger partial charge in [-0.2, -0.15) is 5.26 Å². The lowest BCUT2D eigenvalue weighted by Gasteiger charge is -2.08. The summed E-state index contributed by atoms with van der Waals surface area (Å²) in [5.41, 5.74) is 2.32. The normalized spacial score (nSPS) is 14.3. The lowest BCUT2D eigenvalue weighted by molar-refractivity contribution is 0.302. The molecular formula is C15H11N3O3. The van der Waals surface area contributed by atoms with E-state index in [1.54, 1.807) is 36.5 Å². The maximum Gasteiger partial charge on any atom is 0.147 e. The summed E-state index contributed by atoms with van der Waals surface area (Å²) < 4.78 is 11.1. The first-order chi connectivity index (χ1) is 10.3. The van der Waals surface area contributed by atoms with Crippen LogP contribution in [-0.4, -0.2) is 22.5 Å². The van der Waals surface area contributed by atoms with E-state index in [1.165, 1.54) is 0 Å². The summed E-state index contributed by atoms with van der Waals surface area (Å²) in [5.74, 6) is 1.23.